The summed E-state index contributed by atoms with van der Waals surface area (Å²) in [6.07, 6.45) is 2.91. The third-order valence-electron chi connectivity index (χ3n) is 9.56. The van der Waals surface area contributed by atoms with E-state index in [1.165, 1.54) is 0 Å². The molecule has 0 saturated heterocycles. The summed E-state index contributed by atoms with van der Waals surface area (Å²) in [6.45, 7) is 15.3. The summed E-state index contributed by atoms with van der Waals surface area (Å²) in [6, 6.07) is 24.6. The zero-order valence-electron chi connectivity index (χ0n) is 31.8. The molecule has 0 unspecified atom stereocenters. The van der Waals surface area contributed by atoms with Crippen LogP contribution in [0, 0.1) is 0 Å². The fourth-order valence-electron chi connectivity index (χ4n) is 6.80. The van der Waals surface area contributed by atoms with Crippen LogP contribution in [0.5, 0.6) is 23.0 Å². The molecule has 1 aliphatic rings. The van der Waals surface area contributed by atoms with Crippen molar-refractivity contribution in [1.82, 2.24) is 9.80 Å². The number of hydrogen-bond acceptors (Lipinski definition) is 6. The van der Waals surface area contributed by atoms with Crippen LogP contribution in [-0.2, 0) is 25.7 Å². The van der Waals surface area contributed by atoms with Crippen molar-refractivity contribution in [1.29, 1.82) is 0 Å². The van der Waals surface area contributed by atoms with Gasteiger partial charge in [-0.25, -0.2) is 9.59 Å². The molecule has 0 heterocycles. The van der Waals surface area contributed by atoms with E-state index < -0.39 is 0 Å². The van der Waals surface area contributed by atoms with Gasteiger partial charge in [0.05, 0.1) is 13.2 Å². The Morgan fingerprint density at radius 2 is 0.692 bits per heavy atom. The maximum absolute atomic E-state index is 13.5. The number of ether oxygens (including phenoxy) is 4. The first-order valence-electron chi connectivity index (χ1n) is 19.0. The van der Waals surface area contributed by atoms with E-state index in [4.69, 9.17) is 18.9 Å². The molecule has 8 heteroatoms. The molecule has 8 bridgehead atoms. The van der Waals surface area contributed by atoms with Gasteiger partial charge in [-0.15, -0.1) is 0 Å². The summed E-state index contributed by atoms with van der Waals surface area (Å²) in [5, 5.41) is 0. The average molecular weight is 707 g/mol. The van der Waals surface area contributed by atoms with Gasteiger partial charge in [0.1, 0.15) is 23.0 Å². The van der Waals surface area contributed by atoms with Gasteiger partial charge in [0.15, 0.2) is 0 Å². The predicted octanol–water partition coefficient (Wildman–Crippen LogP) is 9.62. The van der Waals surface area contributed by atoms with Crippen LogP contribution in [0.2, 0.25) is 0 Å². The molecule has 1 aliphatic carbocycles. The molecule has 0 N–H and O–H groups in total. The lowest BCUT2D eigenvalue weighted by molar-refractivity contribution is 0.155. The normalized spacial score (nSPS) is 12.1. The number of carbonyl (C=O) groups excluding carboxylic acids is 2. The fraction of sp³-hybridized carbons (Fsp3) is 0.409. The zero-order valence-corrected chi connectivity index (χ0v) is 31.8. The van der Waals surface area contributed by atoms with Crippen molar-refractivity contribution in [3.63, 3.8) is 0 Å². The van der Waals surface area contributed by atoms with Gasteiger partial charge in [-0.05, 0) is 85.0 Å². The Bertz CT molecular complexity index is 1610. The van der Waals surface area contributed by atoms with E-state index in [0.717, 1.165) is 68.8 Å². The Labute approximate surface area is 309 Å². The standard InChI is InChI=1S/C44H54N2O6/c1-7-25-49-39-31-17-13-18-32(39)28-36-22-16-24-38(42(36)52-44(48)46(11-5)12-6)30-34-20-14-19-33(40(34)50-26-8-2)29-37-23-15-21-35(27-31)41(37)51-43(47)45(9-3)10-4/h13-24H,7-12,25-30H2,1-6H3. The van der Waals surface area contributed by atoms with Gasteiger partial charge in [0.2, 0.25) is 0 Å². The van der Waals surface area contributed by atoms with Gasteiger partial charge in [-0.1, -0.05) is 86.6 Å². The number of benzene rings is 4. The molecule has 8 nitrogen and oxygen atoms in total. The highest BCUT2D eigenvalue weighted by molar-refractivity contribution is 5.73. The van der Waals surface area contributed by atoms with E-state index in [1.807, 2.05) is 76.2 Å². The van der Waals surface area contributed by atoms with Gasteiger partial charge < -0.3 is 28.7 Å². The van der Waals surface area contributed by atoms with Crippen molar-refractivity contribution < 1.29 is 28.5 Å². The molecule has 0 saturated carbocycles. The van der Waals surface area contributed by atoms with Gasteiger partial charge >= 0.3 is 12.2 Å². The Morgan fingerprint density at radius 3 is 0.923 bits per heavy atom. The SMILES string of the molecule is CCCOc1c2cccc1Cc1cccc(c1OC(=O)N(CC)CC)Cc1cccc(c1OCCC)Cc1cccc(c1OC(=O)N(CC)CC)C2. The summed E-state index contributed by atoms with van der Waals surface area (Å²) in [4.78, 5) is 30.5. The topological polar surface area (TPSA) is 77.5 Å². The Balaban J connectivity index is 1.76. The average Bonchev–Trinajstić information content (AvgIpc) is 3.14. The molecule has 4 aromatic carbocycles. The molecule has 276 valence electrons. The van der Waals surface area contributed by atoms with Gasteiger partial charge in [-0.3, -0.25) is 0 Å². The summed E-state index contributed by atoms with van der Waals surface area (Å²) in [5.74, 6) is 2.74. The first kappa shape index (κ1) is 38.3. The predicted molar refractivity (Wildman–Crippen MR) is 206 cm³/mol. The van der Waals surface area contributed by atoms with E-state index in [0.29, 0.717) is 76.6 Å². The maximum Gasteiger partial charge on any atom is 0.415 e. The summed E-state index contributed by atoms with van der Waals surface area (Å²) < 4.78 is 25.7. The largest absolute Gasteiger partial charge is 0.493 e. The highest BCUT2D eigenvalue weighted by Gasteiger charge is 2.25. The molecular weight excluding hydrogens is 652 g/mol. The number of para-hydroxylation sites is 4. The van der Waals surface area contributed by atoms with Gasteiger partial charge in [0.25, 0.3) is 0 Å². The van der Waals surface area contributed by atoms with Crippen LogP contribution < -0.4 is 18.9 Å². The summed E-state index contributed by atoms with van der Waals surface area (Å²) in [5.41, 5.74) is 7.53. The second-order valence-corrected chi connectivity index (χ2v) is 13.1. The minimum atomic E-state index is -0.370. The second-order valence-electron chi connectivity index (χ2n) is 13.1. The van der Waals surface area contributed by atoms with Crippen LogP contribution in [0.4, 0.5) is 9.59 Å². The third-order valence-corrected chi connectivity index (χ3v) is 9.56. The number of carbonyl (C=O) groups is 2. The quantitative estimate of drug-likeness (QED) is 0.129. The molecule has 2 amide bonds. The lowest BCUT2D eigenvalue weighted by Crippen LogP contribution is -2.33. The minimum absolute atomic E-state index is 0.370. The van der Waals surface area contributed by atoms with Gasteiger partial charge in [0, 0.05) is 51.9 Å². The molecule has 0 radical (unpaired) electrons. The smallest absolute Gasteiger partial charge is 0.415 e. The van der Waals surface area contributed by atoms with Crippen LogP contribution in [0.3, 0.4) is 0 Å². The number of nitrogens with zero attached hydrogens (tertiary/aromatic N) is 2. The van der Waals surface area contributed by atoms with Crippen LogP contribution >= 0.6 is 0 Å². The van der Waals surface area contributed by atoms with E-state index in [9.17, 15) is 9.59 Å². The van der Waals surface area contributed by atoms with Crippen LogP contribution in [0.1, 0.15) is 98.9 Å². The summed E-state index contributed by atoms with van der Waals surface area (Å²) >= 11 is 0. The molecule has 5 rings (SSSR count). The first-order chi connectivity index (χ1) is 25.3. The Morgan fingerprint density at radius 1 is 0.442 bits per heavy atom. The van der Waals surface area contributed by atoms with E-state index in [1.54, 1.807) is 9.80 Å². The van der Waals surface area contributed by atoms with E-state index in [2.05, 4.69) is 38.1 Å². The van der Waals surface area contributed by atoms with Crippen molar-refractivity contribution in [3.05, 3.63) is 117 Å². The molecule has 0 aromatic heterocycles. The molecule has 52 heavy (non-hydrogen) atoms. The molecule has 0 fully saturated rings. The van der Waals surface area contributed by atoms with Crippen molar-refractivity contribution >= 4 is 12.2 Å². The van der Waals surface area contributed by atoms with Crippen molar-refractivity contribution in [2.75, 3.05) is 39.4 Å². The first-order valence-corrected chi connectivity index (χ1v) is 19.0. The third kappa shape index (κ3) is 8.90. The van der Waals surface area contributed by atoms with Crippen LogP contribution in [-0.4, -0.2) is 61.4 Å². The molecular formula is C44H54N2O6. The highest BCUT2D eigenvalue weighted by atomic mass is 16.6. The van der Waals surface area contributed by atoms with Crippen molar-refractivity contribution in [3.8, 4) is 23.0 Å². The highest BCUT2D eigenvalue weighted by Crippen LogP contribution is 2.39. The summed E-state index contributed by atoms with van der Waals surface area (Å²) in [7, 11) is 0. The maximum atomic E-state index is 13.5. The molecule has 0 aliphatic heterocycles. The lowest BCUT2D eigenvalue weighted by atomic mass is 9.91. The Kier molecular flexibility index (Phi) is 13.6. The van der Waals surface area contributed by atoms with E-state index in [-0.39, 0.29) is 12.2 Å². The number of amides is 2. The lowest BCUT2D eigenvalue weighted by Gasteiger charge is -2.24. The molecule has 0 spiro atoms. The van der Waals surface area contributed by atoms with E-state index >= 15 is 0 Å². The van der Waals surface area contributed by atoms with Crippen molar-refractivity contribution in [2.24, 2.45) is 0 Å². The number of rotatable bonds is 12. The van der Waals surface area contributed by atoms with Crippen molar-refractivity contribution in [2.45, 2.75) is 80.1 Å². The Hall–Kier alpha value is -4.98. The fourth-order valence-corrected chi connectivity index (χ4v) is 6.80. The minimum Gasteiger partial charge on any atom is -0.493 e. The molecule has 4 aromatic rings. The molecule has 0 atom stereocenters. The van der Waals surface area contributed by atoms with Crippen LogP contribution in [0.25, 0.3) is 0 Å². The number of hydrogen-bond donors (Lipinski definition) is 0. The second kappa shape index (κ2) is 18.5. The van der Waals surface area contributed by atoms with Crippen LogP contribution in [0.15, 0.2) is 72.8 Å². The number of fused-ring (bicyclic) bond motifs is 8. The van der Waals surface area contributed by atoms with Gasteiger partial charge in [-0.2, -0.15) is 0 Å². The monoisotopic (exact) mass is 706 g/mol. The zero-order chi connectivity index (χ0) is 37.0.